The first-order valence-corrected chi connectivity index (χ1v) is 7.71. The number of hydrogen-bond donors (Lipinski definition) is 1. The quantitative estimate of drug-likeness (QED) is 0.838. The van der Waals surface area contributed by atoms with E-state index in [4.69, 9.17) is 0 Å². The second kappa shape index (κ2) is 4.44. The first-order chi connectivity index (χ1) is 9.74. The molecule has 0 saturated heterocycles. The van der Waals surface area contributed by atoms with Gasteiger partial charge in [0.15, 0.2) is 5.78 Å². The van der Waals surface area contributed by atoms with Crippen LogP contribution in [-0.2, 0) is 11.2 Å². The van der Waals surface area contributed by atoms with Gasteiger partial charge in [-0.1, -0.05) is 12.8 Å². The van der Waals surface area contributed by atoms with Gasteiger partial charge in [-0.25, -0.2) is 0 Å². The fourth-order valence-corrected chi connectivity index (χ4v) is 4.11. The summed E-state index contributed by atoms with van der Waals surface area (Å²) in [6.07, 6.45) is 6.34. The third kappa shape index (κ3) is 1.88. The highest BCUT2D eigenvalue weighted by Crippen LogP contribution is 2.56. The zero-order valence-electron chi connectivity index (χ0n) is 11.5. The van der Waals surface area contributed by atoms with Crippen LogP contribution in [0.3, 0.4) is 0 Å². The zero-order chi connectivity index (χ0) is 13.7. The van der Waals surface area contributed by atoms with Crippen LogP contribution in [0.25, 0.3) is 0 Å². The molecule has 2 saturated carbocycles. The van der Waals surface area contributed by atoms with E-state index in [1.54, 1.807) is 0 Å². The van der Waals surface area contributed by atoms with Gasteiger partial charge in [0.25, 0.3) is 0 Å². The third-order valence-corrected chi connectivity index (χ3v) is 5.24. The molecule has 1 amide bonds. The maximum atomic E-state index is 12.6. The molecule has 1 aromatic rings. The molecule has 2 unspecified atom stereocenters. The molecule has 2 fully saturated rings. The van der Waals surface area contributed by atoms with Crippen LogP contribution in [0.5, 0.6) is 0 Å². The molecular formula is C17H19NO2. The third-order valence-electron chi connectivity index (χ3n) is 5.24. The Kier molecular flexibility index (Phi) is 2.69. The average molecular weight is 269 g/mol. The van der Waals surface area contributed by atoms with Crippen LogP contribution in [0.1, 0.15) is 48.0 Å². The lowest BCUT2D eigenvalue weighted by molar-refractivity contribution is -0.116. The largest absolute Gasteiger partial charge is 0.326 e. The maximum absolute atomic E-state index is 12.6. The molecule has 4 rings (SSSR count). The van der Waals surface area contributed by atoms with Gasteiger partial charge in [0.05, 0.1) is 0 Å². The predicted molar refractivity (Wildman–Crippen MR) is 76.7 cm³/mol. The molecule has 2 atom stereocenters. The summed E-state index contributed by atoms with van der Waals surface area (Å²) in [6.45, 7) is 0. The second-order valence-electron chi connectivity index (χ2n) is 6.42. The lowest BCUT2D eigenvalue weighted by Crippen LogP contribution is -2.19. The summed E-state index contributed by atoms with van der Waals surface area (Å²) < 4.78 is 0. The number of nitrogens with one attached hydrogen (secondary N) is 1. The topological polar surface area (TPSA) is 46.2 Å². The second-order valence-corrected chi connectivity index (χ2v) is 6.42. The van der Waals surface area contributed by atoms with Crippen molar-refractivity contribution in [3.05, 3.63) is 29.3 Å². The number of ketones is 1. The number of aryl methyl sites for hydroxylation is 1. The molecule has 3 nitrogen and oxygen atoms in total. The van der Waals surface area contributed by atoms with Crippen LogP contribution in [0.4, 0.5) is 5.69 Å². The Morgan fingerprint density at radius 2 is 1.85 bits per heavy atom. The molecule has 3 heteroatoms. The van der Waals surface area contributed by atoms with Crippen LogP contribution in [0.15, 0.2) is 18.2 Å². The van der Waals surface area contributed by atoms with Crippen LogP contribution in [0, 0.1) is 17.8 Å². The first kappa shape index (κ1) is 12.1. The van der Waals surface area contributed by atoms with E-state index in [1.807, 2.05) is 18.2 Å². The molecular weight excluding hydrogens is 250 g/mol. The van der Waals surface area contributed by atoms with Gasteiger partial charge in [0.2, 0.25) is 5.91 Å². The molecule has 2 aliphatic carbocycles. The summed E-state index contributed by atoms with van der Waals surface area (Å²) in [7, 11) is 0. The van der Waals surface area contributed by atoms with Gasteiger partial charge in [-0.2, -0.15) is 0 Å². The number of fused-ring (bicyclic) bond motifs is 2. The summed E-state index contributed by atoms with van der Waals surface area (Å²) in [5, 5.41) is 2.87. The van der Waals surface area contributed by atoms with Crippen molar-refractivity contribution in [3.63, 3.8) is 0 Å². The van der Waals surface area contributed by atoms with E-state index in [-0.39, 0.29) is 11.8 Å². The van der Waals surface area contributed by atoms with Crippen molar-refractivity contribution < 1.29 is 9.59 Å². The van der Waals surface area contributed by atoms with Gasteiger partial charge in [-0.05, 0) is 54.9 Å². The van der Waals surface area contributed by atoms with Gasteiger partial charge in [-0.3, -0.25) is 9.59 Å². The minimum atomic E-state index is 0.0739. The number of amides is 1. The Bertz CT molecular complexity index is 581. The lowest BCUT2D eigenvalue weighted by Gasteiger charge is -2.17. The summed E-state index contributed by atoms with van der Waals surface area (Å²) in [5.41, 5.74) is 2.84. The first-order valence-electron chi connectivity index (χ1n) is 7.71. The molecule has 1 N–H and O–H groups in total. The van der Waals surface area contributed by atoms with Gasteiger partial charge in [-0.15, -0.1) is 0 Å². The van der Waals surface area contributed by atoms with E-state index in [2.05, 4.69) is 5.32 Å². The van der Waals surface area contributed by atoms with Gasteiger partial charge in [0.1, 0.15) is 0 Å². The Morgan fingerprint density at radius 1 is 1.10 bits per heavy atom. The highest BCUT2D eigenvalue weighted by Gasteiger charge is 2.54. The number of hydrogen-bond acceptors (Lipinski definition) is 2. The van der Waals surface area contributed by atoms with Gasteiger partial charge >= 0.3 is 0 Å². The molecule has 1 aromatic carbocycles. The molecule has 0 radical (unpaired) electrons. The highest BCUT2D eigenvalue weighted by atomic mass is 16.1. The predicted octanol–water partition coefficient (Wildman–Crippen LogP) is 3.19. The molecule has 0 aromatic heterocycles. The Hall–Kier alpha value is -1.64. The normalized spacial score (nSPS) is 31.0. The number of anilines is 1. The number of rotatable bonds is 2. The minimum absolute atomic E-state index is 0.0739. The molecule has 1 heterocycles. The van der Waals surface area contributed by atoms with Crippen molar-refractivity contribution in [2.24, 2.45) is 17.8 Å². The van der Waals surface area contributed by atoms with Crippen molar-refractivity contribution in [3.8, 4) is 0 Å². The van der Waals surface area contributed by atoms with Crippen LogP contribution < -0.4 is 5.32 Å². The van der Waals surface area contributed by atoms with Crippen LogP contribution in [-0.4, -0.2) is 11.7 Å². The smallest absolute Gasteiger partial charge is 0.224 e. The molecule has 0 bridgehead atoms. The lowest BCUT2D eigenvalue weighted by atomic mass is 9.97. The molecule has 20 heavy (non-hydrogen) atoms. The fourth-order valence-electron chi connectivity index (χ4n) is 4.11. The summed E-state index contributed by atoms with van der Waals surface area (Å²) in [4.78, 5) is 24.0. The van der Waals surface area contributed by atoms with E-state index in [9.17, 15) is 9.59 Å². The molecule has 1 aliphatic heterocycles. The Morgan fingerprint density at radius 3 is 2.60 bits per heavy atom. The zero-order valence-corrected chi connectivity index (χ0v) is 11.5. The van der Waals surface area contributed by atoms with Gasteiger partial charge < -0.3 is 5.32 Å². The highest BCUT2D eigenvalue weighted by molar-refractivity contribution is 6.01. The van der Waals surface area contributed by atoms with E-state index in [0.29, 0.717) is 24.0 Å². The summed E-state index contributed by atoms with van der Waals surface area (Å²) in [6, 6.07) is 5.78. The Labute approximate surface area is 118 Å². The minimum Gasteiger partial charge on any atom is -0.326 e. The monoisotopic (exact) mass is 269 g/mol. The van der Waals surface area contributed by atoms with Crippen molar-refractivity contribution in [2.75, 3.05) is 5.32 Å². The molecule has 0 spiro atoms. The van der Waals surface area contributed by atoms with Crippen molar-refractivity contribution in [1.29, 1.82) is 0 Å². The molecule has 104 valence electrons. The maximum Gasteiger partial charge on any atom is 0.224 e. The average Bonchev–Trinajstić information content (AvgIpc) is 3.20. The van der Waals surface area contributed by atoms with E-state index >= 15 is 0 Å². The van der Waals surface area contributed by atoms with Crippen LogP contribution in [0.2, 0.25) is 0 Å². The van der Waals surface area contributed by atoms with Crippen molar-refractivity contribution in [1.82, 2.24) is 0 Å². The number of benzene rings is 1. The van der Waals surface area contributed by atoms with E-state index in [0.717, 1.165) is 23.2 Å². The SMILES string of the molecule is O=C1CCc2cc(C(=O)C3C4CCCCC43)ccc2N1. The van der Waals surface area contributed by atoms with Crippen molar-refractivity contribution in [2.45, 2.75) is 38.5 Å². The number of carbonyl (C=O) groups is 2. The van der Waals surface area contributed by atoms with Crippen LogP contribution >= 0.6 is 0 Å². The summed E-state index contributed by atoms with van der Waals surface area (Å²) >= 11 is 0. The van der Waals surface area contributed by atoms with E-state index < -0.39 is 0 Å². The number of Topliss-reactive ketones (excluding diaryl/α,β-unsaturated/α-hetero) is 1. The standard InChI is InChI=1S/C17H19NO2/c19-15-8-6-10-9-11(5-7-14(10)18-15)17(20)16-12-3-1-2-4-13(12)16/h5,7,9,12-13,16H,1-4,6,8H2,(H,18,19). The summed E-state index contributed by atoms with van der Waals surface area (Å²) in [5.74, 6) is 2.01. The Balaban J connectivity index is 1.57. The van der Waals surface area contributed by atoms with E-state index in [1.165, 1.54) is 25.7 Å². The van der Waals surface area contributed by atoms with Gasteiger partial charge in [0, 0.05) is 23.6 Å². The molecule has 3 aliphatic rings. The fraction of sp³-hybridized carbons (Fsp3) is 0.529. The number of carbonyl (C=O) groups excluding carboxylic acids is 2. The van der Waals surface area contributed by atoms with Crippen molar-refractivity contribution >= 4 is 17.4 Å².